The van der Waals surface area contributed by atoms with Gasteiger partial charge in [0.15, 0.2) is 6.54 Å². The van der Waals surface area contributed by atoms with Gasteiger partial charge in [0.25, 0.3) is 11.6 Å². The van der Waals surface area contributed by atoms with Crippen molar-refractivity contribution in [1.82, 2.24) is 0 Å². The summed E-state index contributed by atoms with van der Waals surface area (Å²) in [7, 11) is 0. The molecule has 22 heavy (non-hydrogen) atoms. The minimum absolute atomic E-state index is 0.00605. The number of amides is 1. The van der Waals surface area contributed by atoms with Gasteiger partial charge < -0.3 is 10.2 Å². The molecule has 0 aliphatic carbocycles. The van der Waals surface area contributed by atoms with Crippen LogP contribution in [0.4, 0.5) is 11.4 Å². The first kappa shape index (κ1) is 16.4. The summed E-state index contributed by atoms with van der Waals surface area (Å²) in [5.41, 5.74) is 1.35. The van der Waals surface area contributed by atoms with Crippen LogP contribution in [0.3, 0.4) is 0 Å². The Morgan fingerprint density at radius 1 is 1.36 bits per heavy atom. The van der Waals surface area contributed by atoms with Crippen LogP contribution in [0.1, 0.15) is 25.8 Å². The van der Waals surface area contributed by atoms with Crippen molar-refractivity contribution in [2.45, 2.75) is 27.2 Å². The summed E-state index contributed by atoms with van der Waals surface area (Å²) in [5, 5.41) is 13.6. The maximum atomic E-state index is 12.2. The number of anilines is 1. The van der Waals surface area contributed by atoms with E-state index in [-0.39, 0.29) is 11.6 Å². The molecule has 1 aromatic carbocycles. The van der Waals surface area contributed by atoms with E-state index in [0.717, 1.165) is 18.7 Å². The molecule has 0 spiro atoms. The second-order valence-corrected chi connectivity index (χ2v) is 6.59. The van der Waals surface area contributed by atoms with Crippen molar-refractivity contribution in [3.63, 3.8) is 0 Å². The first-order chi connectivity index (χ1) is 10.3. The summed E-state index contributed by atoms with van der Waals surface area (Å²) in [6.45, 7) is 8.70. The van der Waals surface area contributed by atoms with Crippen LogP contribution >= 0.6 is 0 Å². The number of non-ortho nitro benzene ring substituents is 1. The Kier molecular flexibility index (Phi) is 5.13. The zero-order valence-corrected chi connectivity index (χ0v) is 13.4. The number of carbonyl (C=O) groups is 1. The van der Waals surface area contributed by atoms with Crippen LogP contribution in [0.2, 0.25) is 0 Å². The number of quaternary nitrogens is 1. The van der Waals surface area contributed by atoms with Crippen LogP contribution < -0.4 is 10.2 Å². The highest BCUT2D eigenvalue weighted by atomic mass is 16.6. The first-order valence-corrected chi connectivity index (χ1v) is 7.73. The quantitative estimate of drug-likeness (QED) is 0.652. The lowest BCUT2D eigenvalue weighted by molar-refractivity contribution is -0.904. The Morgan fingerprint density at radius 3 is 2.59 bits per heavy atom. The average Bonchev–Trinajstić information content (AvgIpc) is 2.39. The van der Waals surface area contributed by atoms with Gasteiger partial charge in [-0.1, -0.05) is 19.9 Å². The molecule has 2 rings (SSSR count). The molecular weight excluding hydrogens is 282 g/mol. The van der Waals surface area contributed by atoms with Crippen LogP contribution in [0.15, 0.2) is 18.2 Å². The molecule has 1 heterocycles. The molecule has 6 heteroatoms. The summed E-state index contributed by atoms with van der Waals surface area (Å²) < 4.78 is 0. The molecule has 120 valence electrons. The minimum Gasteiger partial charge on any atom is -0.327 e. The van der Waals surface area contributed by atoms with Crippen LogP contribution in [0, 0.1) is 28.9 Å². The van der Waals surface area contributed by atoms with E-state index in [1.165, 1.54) is 23.5 Å². The molecule has 0 radical (unpaired) electrons. The van der Waals surface area contributed by atoms with E-state index in [1.807, 2.05) is 6.92 Å². The van der Waals surface area contributed by atoms with Crippen molar-refractivity contribution in [3.8, 4) is 0 Å². The van der Waals surface area contributed by atoms with E-state index in [2.05, 4.69) is 19.2 Å². The molecule has 1 aromatic rings. The monoisotopic (exact) mass is 306 g/mol. The summed E-state index contributed by atoms with van der Waals surface area (Å²) >= 11 is 0. The fourth-order valence-corrected chi connectivity index (χ4v) is 3.35. The fraction of sp³-hybridized carbons (Fsp3) is 0.562. The number of nitrogens with zero attached hydrogens (tertiary/aromatic N) is 1. The average molecular weight is 306 g/mol. The Morgan fingerprint density at radius 2 is 2.00 bits per heavy atom. The first-order valence-electron chi connectivity index (χ1n) is 7.73. The predicted octanol–water partition coefficient (Wildman–Crippen LogP) is 1.40. The summed E-state index contributed by atoms with van der Waals surface area (Å²) in [5.74, 6) is 1.18. The minimum atomic E-state index is -0.450. The lowest BCUT2D eigenvalue weighted by Crippen LogP contribution is -3.15. The van der Waals surface area contributed by atoms with Crippen molar-refractivity contribution in [2.24, 2.45) is 11.8 Å². The van der Waals surface area contributed by atoms with E-state index < -0.39 is 4.92 Å². The Balaban J connectivity index is 2.00. The van der Waals surface area contributed by atoms with Crippen LogP contribution in [-0.2, 0) is 4.79 Å². The van der Waals surface area contributed by atoms with Crippen LogP contribution in [0.5, 0.6) is 0 Å². The highest BCUT2D eigenvalue weighted by Crippen LogP contribution is 2.21. The normalized spacial score (nSPS) is 24.8. The molecule has 6 nitrogen and oxygen atoms in total. The lowest BCUT2D eigenvalue weighted by Gasteiger charge is -2.31. The second kappa shape index (κ2) is 6.87. The van der Waals surface area contributed by atoms with Gasteiger partial charge in [0.05, 0.1) is 23.7 Å². The van der Waals surface area contributed by atoms with Crippen LogP contribution in [0.25, 0.3) is 0 Å². The highest BCUT2D eigenvalue weighted by Gasteiger charge is 2.26. The molecule has 1 aliphatic heterocycles. The molecule has 3 atom stereocenters. The van der Waals surface area contributed by atoms with Crippen molar-refractivity contribution in [2.75, 3.05) is 25.0 Å². The van der Waals surface area contributed by atoms with E-state index >= 15 is 0 Å². The number of carbonyl (C=O) groups excluding carboxylic acids is 1. The predicted molar refractivity (Wildman–Crippen MR) is 85.0 cm³/mol. The maximum Gasteiger partial charge on any atom is 0.279 e. The van der Waals surface area contributed by atoms with Gasteiger partial charge >= 0.3 is 0 Å². The topological polar surface area (TPSA) is 76.7 Å². The van der Waals surface area contributed by atoms with Crippen LogP contribution in [-0.4, -0.2) is 30.5 Å². The number of benzene rings is 1. The number of rotatable bonds is 4. The number of piperidine rings is 1. The van der Waals surface area contributed by atoms with Crippen molar-refractivity contribution >= 4 is 17.3 Å². The number of hydrogen-bond donors (Lipinski definition) is 2. The van der Waals surface area contributed by atoms with Gasteiger partial charge in [-0.2, -0.15) is 0 Å². The molecule has 1 aliphatic rings. The number of likely N-dealkylation sites (tertiary alicyclic amines) is 1. The molecule has 1 unspecified atom stereocenters. The number of hydrogen-bond acceptors (Lipinski definition) is 3. The van der Waals surface area contributed by atoms with E-state index in [9.17, 15) is 14.9 Å². The third kappa shape index (κ3) is 4.27. The number of nitro groups is 1. The van der Waals surface area contributed by atoms with Crippen molar-refractivity contribution < 1.29 is 14.6 Å². The Bertz CT molecular complexity index is 564. The SMILES string of the molecule is Cc1ccc([N+](=O)[O-])cc1NC(=O)C[NH+]1C[C@H](C)C[C@H](C)C1. The second-order valence-electron chi connectivity index (χ2n) is 6.59. The van der Waals surface area contributed by atoms with Gasteiger partial charge in [-0.3, -0.25) is 14.9 Å². The number of nitro benzene ring substituents is 1. The van der Waals surface area contributed by atoms with E-state index in [1.54, 1.807) is 6.07 Å². The number of aryl methyl sites for hydroxylation is 1. The van der Waals surface area contributed by atoms with Gasteiger partial charge in [-0.15, -0.1) is 0 Å². The zero-order chi connectivity index (χ0) is 16.3. The molecule has 0 bridgehead atoms. The molecule has 1 fully saturated rings. The summed E-state index contributed by atoms with van der Waals surface area (Å²) in [4.78, 5) is 23.9. The van der Waals surface area contributed by atoms with Crippen molar-refractivity contribution in [3.05, 3.63) is 33.9 Å². The Hall–Kier alpha value is -1.95. The fourth-order valence-electron chi connectivity index (χ4n) is 3.35. The maximum absolute atomic E-state index is 12.2. The van der Waals surface area contributed by atoms with E-state index in [4.69, 9.17) is 0 Å². The molecule has 0 aromatic heterocycles. The van der Waals surface area contributed by atoms with Gasteiger partial charge in [0.2, 0.25) is 0 Å². The molecular formula is C16H24N3O3+. The van der Waals surface area contributed by atoms with Gasteiger partial charge in [-0.25, -0.2) is 0 Å². The van der Waals surface area contributed by atoms with E-state index in [0.29, 0.717) is 24.1 Å². The summed E-state index contributed by atoms with van der Waals surface area (Å²) in [6, 6.07) is 4.53. The smallest absolute Gasteiger partial charge is 0.279 e. The standard InChI is InChI=1S/C16H23N3O3/c1-11-6-12(2)9-18(8-11)10-16(20)17-15-7-14(19(21)22)5-4-13(15)3/h4-5,7,11-12H,6,8-10H2,1-3H3,(H,17,20)/p+1/t11-,12+. The Labute approximate surface area is 130 Å². The molecule has 2 N–H and O–H groups in total. The van der Waals surface area contributed by atoms with Crippen molar-refractivity contribution in [1.29, 1.82) is 0 Å². The third-order valence-corrected chi connectivity index (χ3v) is 4.20. The van der Waals surface area contributed by atoms with Gasteiger partial charge in [-0.05, 0) is 18.9 Å². The molecule has 0 saturated carbocycles. The largest absolute Gasteiger partial charge is 0.327 e. The summed E-state index contributed by atoms with van der Waals surface area (Å²) in [6.07, 6.45) is 1.22. The van der Waals surface area contributed by atoms with Gasteiger partial charge in [0, 0.05) is 24.0 Å². The zero-order valence-electron chi connectivity index (χ0n) is 13.4. The highest BCUT2D eigenvalue weighted by molar-refractivity contribution is 5.92. The van der Waals surface area contributed by atoms with Gasteiger partial charge in [0.1, 0.15) is 0 Å². The third-order valence-electron chi connectivity index (χ3n) is 4.20. The molecule has 1 amide bonds. The number of nitrogens with one attached hydrogen (secondary N) is 2. The lowest BCUT2D eigenvalue weighted by atomic mass is 9.92. The molecule has 1 saturated heterocycles.